The number of likely N-dealkylation sites (tertiary alicyclic amines) is 2. The SMILES string of the molecule is CC(=O)OCCn1c(-c2ccc(-c3c(CC4CCCN4C(=O)C(N)C(C)(C)C)c4ccc(F)cc4n3CCOC(C)=O)cc2)c(CC2CCCN2C(=O)C(N)C(C)(C)C)c2ccc(F)cc21. The molecular formula is C52H66F2N6O6. The number of aromatic nitrogens is 2. The molecule has 4 atom stereocenters. The van der Waals surface area contributed by atoms with Crippen LogP contribution >= 0.6 is 0 Å². The molecule has 2 fully saturated rings. The first-order chi connectivity index (χ1) is 31.1. The highest BCUT2D eigenvalue weighted by molar-refractivity contribution is 5.95. The summed E-state index contributed by atoms with van der Waals surface area (Å²) in [6.45, 7) is 16.2. The van der Waals surface area contributed by atoms with Gasteiger partial charge in [0, 0.05) is 49.8 Å². The van der Waals surface area contributed by atoms with Crippen molar-refractivity contribution in [3.05, 3.63) is 83.4 Å². The first-order valence-electron chi connectivity index (χ1n) is 23.3. The highest BCUT2D eigenvalue weighted by Crippen LogP contribution is 2.41. The van der Waals surface area contributed by atoms with Crippen LogP contribution in [0.25, 0.3) is 44.3 Å². The highest BCUT2D eigenvalue weighted by atomic mass is 19.1. The zero-order chi connectivity index (χ0) is 47.8. The number of esters is 2. The Balaban J connectivity index is 1.37. The molecule has 2 aliphatic heterocycles. The van der Waals surface area contributed by atoms with Gasteiger partial charge in [0.15, 0.2) is 0 Å². The summed E-state index contributed by atoms with van der Waals surface area (Å²) in [6, 6.07) is 15.8. The first kappa shape index (κ1) is 48.3. The summed E-state index contributed by atoms with van der Waals surface area (Å²) >= 11 is 0. The van der Waals surface area contributed by atoms with Crippen molar-refractivity contribution in [1.82, 2.24) is 18.9 Å². The molecule has 66 heavy (non-hydrogen) atoms. The summed E-state index contributed by atoms with van der Waals surface area (Å²) in [5.74, 6) is -1.87. The summed E-state index contributed by atoms with van der Waals surface area (Å²) < 4.78 is 45.3. The summed E-state index contributed by atoms with van der Waals surface area (Å²) in [5.41, 5.74) is 18.6. The second kappa shape index (κ2) is 19.3. The van der Waals surface area contributed by atoms with Crippen LogP contribution in [0.3, 0.4) is 0 Å². The molecule has 3 aromatic carbocycles. The maximum atomic E-state index is 15.2. The highest BCUT2D eigenvalue weighted by Gasteiger charge is 2.39. The number of benzene rings is 3. The molecular weight excluding hydrogens is 843 g/mol. The number of carbonyl (C=O) groups excluding carboxylic acids is 4. The normalized spacial score (nSPS) is 17.8. The van der Waals surface area contributed by atoms with E-state index in [0.29, 0.717) is 37.0 Å². The van der Waals surface area contributed by atoms with Gasteiger partial charge in [0.1, 0.15) is 24.8 Å². The zero-order valence-electron chi connectivity index (χ0n) is 39.7. The van der Waals surface area contributed by atoms with Gasteiger partial charge in [-0.05, 0) is 108 Å². The van der Waals surface area contributed by atoms with Crippen LogP contribution in [0.4, 0.5) is 8.78 Å². The number of amides is 2. The predicted molar refractivity (Wildman–Crippen MR) is 253 cm³/mol. The van der Waals surface area contributed by atoms with Gasteiger partial charge in [-0.3, -0.25) is 19.2 Å². The topological polar surface area (TPSA) is 155 Å². The predicted octanol–water partition coefficient (Wildman–Crippen LogP) is 8.15. The third-order valence-electron chi connectivity index (χ3n) is 13.5. The number of hydrogen-bond donors (Lipinski definition) is 2. The van der Waals surface area contributed by atoms with Crippen molar-refractivity contribution in [2.24, 2.45) is 22.3 Å². The largest absolute Gasteiger partial charge is 0.464 e. The molecule has 354 valence electrons. The van der Waals surface area contributed by atoms with E-state index in [1.165, 1.54) is 38.1 Å². The van der Waals surface area contributed by atoms with E-state index in [-0.39, 0.29) is 50.2 Å². The van der Waals surface area contributed by atoms with Crippen molar-refractivity contribution >= 4 is 45.6 Å². The molecule has 2 amide bonds. The van der Waals surface area contributed by atoms with E-state index >= 15 is 8.78 Å². The number of nitrogens with two attached hydrogens (primary N) is 2. The van der Waals surface area contributed by atoms with Gasteiger partial charge in [0.2, 0.25) is 11.8 Å². The van der Waals surface area contributed by atoms with Gasteiger partial charge < -0.3 is 39.9 Å². The monoisotopic (exact) mass is 909 g/mol. The third kappa shape index (κ3) is 10.0. The van der Waals surface area contributed by atoms with E-state index < -0.39 is 46.5 Å². The maximum Gasteiger partial charge on any atom is 0.302 e. The lowest BCUT2D eigenvalue weighted by Crippen LogP contribution is -2.52. The average molecular weight is 909 g/mol. The molecule has 12 nitrogen and oxygen atoms in total. The van der Waals surface area contributed by atoms with Crippen molar-refractivity contribution in [2.45, 2.75) is 131 Å². The number of hydrogen-bond acceptors (Lipinski definition) is 8. The summed E-state index contributed by atoms with van der Waals surface area (Å²) in [6.07, 6.45) is 4.16. The fourth-order valence-electron chi connectivity index (χ4n) is 9.92. The quantitative estimate of drug-likeness (QED) is 0.106. The van der Waals surface area contributed by atoms with E-state index in [1.807, 2.05) is 84.7 Å². The fourth-order valence-corrected chi connectivity index (χ4v) is 9.92. The molecule has 5 aromatic rings. The molecule has 4 unspecified atom stereocenters. The van der Waals surface area contributed by atoms with Crippen LogP contribution in [0.15, 0.2) is 60.7 Å². The van der Waals surface area contributed by atoms with Crippen molar-refractivity contribution < 1.29 is 37.4 Å². The van der Waals surface area contributed by atoms with Gasteiger partial charge in [0.25, 0.3) is 0 Å². The molecule has 0 spiro atoms. The van der Waals surface area contributed by atoms with E-state index in [2.05, 4.69) is 0 Å². The van der Waals surface area contributed by atoms with Gasteiger partial charge in [-0.2, -0.15) is 0 Å². The molecule has 14 heteroatoms. The van der Waals surface area contributed by atoms with Crippen molar-refractivity contribution in [1.29, 1.82) is 0 Å². The van der Waals surface area contributed by atoms with Crippen LogP contribution in [0.1, 0.15) is 92.2 Å². The molecule has 4 heterocycles. The van der Waals surface area contributed by atoms with Gasteiger partial charge in [-0.15, -0.1) is 0 Å². The van der Waals surface area contributed by atoms with Gasteiger partial charge in [-0.1, -0.05) is 65.8 Å². The van der Waals surface area contributed by atoms with E-state index in [0.717, 1.165) is 70.1 Å². The molecule has 0 bridgehead atoms. The number of rotatable bonds is 14. The Labute approximate surface area is 386 Å². The molecule has 0 radical (unpaired) electrons. The Hall–Kier alpha value is -5.60. The minimum Gasteiger partial charge on any atom is -0.464 e. The van der Waals surface area contributed by atoms with Gasteiger partial charge >= 0.3 is 11.9 Å². The van der Waals surface area contributed by atoms with Crippen molar-refractivity contribution in [3.8, 4) is 22.5 Å². The molecule has 4 N–H and O–H groups in total. The first-order valence-corrected chi connectivity index (χ1v) is 23.3. The van der Waals surface area contributed by atoms with Crippen LogP contribution in [-0.2, 0) is 54.6 Å². The van der Waals surface area contributed by atoms with Crippen LogP contribution in [0.5, 0.6) is 0 Å². The Morgan fingerprint density at radius 1 is 0.621 bits per heavy atom. The van der Waals surface area contributed by atoms with E-state index in [4.69, 9.17) is 20.9 Å². The van der Waals surface area contributed by atoms with Crippen LogP contribution in [0, 0.1) is 22.5 Å². The van der Waals surface area contributed by atoms with E-state index in [9.17, 15) is 19.2 Å². The third-order valence-corrected chi connectivity index (χ3v) is 13.5. The summed E-state index contributed by atoms with van der Waals surface area (Å²) in [5, 5.41) is 1.66. The Bertz CT molecular complexity index is 2440. The number of halogens is 2. The summed E-state index contributed by atoms with van der Waals surface area (Å²) in [4.78, 5) is 55.7. The molecule has 7 rings (SSSR count). The molecule has 0 aliphatic carbocycles. The van der Waals surface area contributed by atoms with Crippen LogP contribution < -0.4 is 11.5 Å². The molecule has 2 saturated heterocycles. The van der Waals surface area contributed by atoms with E-state index in [1.54, 1.807) is 12.1 Å². The minimum absolute atomic E-state index is 0.0539. The van der Waals surface area contributed by atoms with Gasteiger partial charge in [0.05, 0.1) is 47.6 Å². The number of fused-ring (bicyclic) bond motifs is 2. The minimum atomic E-state index is -0.686. The number of nitrogens with zero attached hydrogens (tertiary/aromatic N) is 4. The Morgan fingerprint density at radius 2 is 0.985 bits per heavy atom. The fraction of sp³-hybridized carbons (Fsp3) is 0.500. The smallest absolute Gasteiger partial charge is 0.302 e. The van der Waals surface area contributed by atoms with Crippen LogP contribution in [-0.4, -0.2) is 93.2 Å². The number of carbonyl (C=O) groups is 4. The molecule has 0 saturated carbocycles. The summed E-state index contributed by atoms with van der Waals surface area (Å²) in [7, 11) is 0. The average Bonchev–Trinajstić information content (AvgIpc) is 4.04. The van der Waals surface area contributed by atoms with Crippen LogP contribution in [0.2, 0.25) is 0 Å². The molecule has 2 aliphatic rings. The van der Waals surface area contributed by atoms with Gasteiger partial charge in [-0.25, -0.2) is 8.78 Å². The lowest BCUT2D eigenvalue weighted by atomic mass is 9.86. The maximum absolute atomic E-state index is 15.2. The second-order valence-corrected chi connectivity index (χ2v) is 20.3. The van der Waals surface area contributed by atoms with Crippen molar-refractivity contribution in [3.63, 3.8) is 0 Å². The standard InChI is InChI=1S/C52H66F2N6O6/c1-31(61)65-25-23-59-43-27-35(53)17-19-39(43)41(29-37-11-9-21-57(37)49(63)47(55)51(3,4)5)45(59)33-13-15-34(16-14-33)46-42(30-38-12-10-22-58(38)50(64)48(56)52(6,7)8)40-20-18-36(54)28-44(40)60(46)24-26-66-32(2)62/h13-20,27-28,37-38,47-48H,9-12,21-26,29-30,55-56H2,1-8H3. The van der Waals surface area contributed by atoms with Crippen molar-refractivity contribution in [2.75, 3.05) is 26.3 Å². The number of ether oxygens (including phenoxy) is 2. The lowest BCUT2D eigenvalue weighted by Gasteiger charge is -2.33. The lowest BCUT2D eigenvalue weighted by molar-refractivity contribution is -0.142. The second-order valence-electron chi connectivity index (χ2n) is 20.3. The zero-order valence-corrected chi connectivity index (χ0v) is 39.7. The Kier molecular flexibility index (Phi) is 14.1. The Morgan fingerprint density at radius 3 is 1.32 bits per heavy atom. The molecule has 2 aromatic heterocycles.